The normalized spacial score (nSPS) is 12.5. The van der Waals surface area contributed by atoms with Crippen LogP contribution in [0.25, 0.3) is 0 Å². The van der Waals surface area contributed by atoms with Crippen molar-refractivity contribution in [3.63, 3.8) is 0 Å². The van der Waals surface area contributed by atoms with Crippen LogP contribution in [0.4, 0.5) is 0 Å². The lowest BCUT2D eigenvalue weighted by atomic mass is 10.0. The Hall–Kier alpha value is -2.42. The quantitative estimate of drug-likeness (QED) is 0.117. The number of rotatable bonds is 14. The fourth-order valence-electron chi connectivity index (χ4n) is 4.49. The lowest BCUT2D eigenvalue weighted by molar-refractivity contribution is 0.291. The van der Waals surface area contributed by atoms with Gasteiger partial charge in [0.05, 0.1) is 0 Å². The Morgan fingerprint density at radius 3 is 1.82 bits per heavy atom. The molecule has 0 fully saturated rings. The molecule has 0 atom stereocenters. The first-order valence-corrected chi connectivity index (χ1v) is 14.6. The van der Waals surface area contributed by atoms with Crippen LogP contribution in [0.1, 0.15) is 66.2 Å². The molecule has 0 aromatic heterocycles. The minimum atomic E-state index is -2.44. The Morgan fingerprint density at radius 1 is 0.794 bits per heavy atom. The van der Waals surface area contributed by atoms with Gasteiger partial charge in [-0.1, -0.05) is 130 Å². The van der Waals surface area contributed by atoms with E-state index >= 15 is 0 Å². The Morgan fingerprint density at radius 2 is 1.32 bits per heavy atom. The van der Waals surface area contributed by atoms with E-state index in [0.717, 1.165) is 45.1 Å². The number of hydrogen-bond donors (Lipinski definition) is 0. The van der Waals surface area contributed by atoms with Gasteiger partial charge in [0.15, 0.2) is 0 Å². The highest BCUT2D eigenvalue weighted by molar-refractivity contribution is 6.99. The fourth-order valence-corrected chi connectivity index (χ4v) is 9.09. The number of hydrogen-bond acceptors (Lipinski definition) is 1. The van der Waals surface area contributed by atoms with Gasteiger partial charge in [-0.3, -0.25) is 0 Å². The summed E-state index contributed by atoms with van der Waals surface area (Å²) in [5.74, 6) is 0. The van der Waals surface area contributed by atoms with Crippen LogP contribution in [-0.4, -0.2) is 14.9 Å². The highest BCUT2D eigenvalue weighted by Crippen LogP contribution is 2.36. The van der Waals surface area contributed by atoms with Crippen molar-refractivity contribution in [2.75, 3.05) is 6.61 Å². The first kappa shape index (κ1) is 27.8. The van der Waals surface area contributed by atoms with Gasteiger partial charge in [-0.2, -0.15) is 0 Å². The number of allylic oxidation sites excluding steroid dienone is 6. The van der Waals surface area contributed by atoms with Crippen LogP contribution in [0.5, 0.6) is 0 Å². The number of benzene rings is 2. The molecule has 0 radical (unpaired) electrons. The van der Waals surface area contributed by atoms with Gasteiger partial charge < -0.3 is 4.43 Å². The van der Waals surface area contributed by atoms with Crippen molar-refractivity contribution in [2.24, 2.45) is 0 Å². The van der Waals surface area contributed by atoms with Gasteiger partial charge in [0.2, 0.25) is 0 Å². The lowest BCUT2D eigenvalue weighted by Crippen LogP contribution is -2.66. The fraction of sp³-hybridized carbons (Fsp3) is 0.375. The summed E-state index contributed by atoms with van der Waals surface area (Å²) in [6.45, 7) is 18.4. The molecular weight excluding hydrogens is 428 g/mol. The van der Waals surface area contributed by atoms with E-state index in [2.05, 4.69) is 113 Å². The van der Waals surface area contributed by atoms with E-state index in [-0.39, 0.29) is 5.04 Å². The molecule has 0 aliphatic heterocycles. The van der Waals surface area contributed by atoms with Crippen molar-refractivity contribution >= 4 is 18.7 Å². The highest BCUT2D eigenvalue weighted by Gasteiger charge is 2.49. The Labute approximate surface area is 210 Å². The molecule has 2 aromatic carbocycles. The van der Waals surface area contributed by atoms with Crippen molar-refractivity contribution in [3.8, 4) is 0 Å². The summed E-state index contributed by atoms with van der Waals surface area (Å²) in [5.41, 5.74) is 2.62. The molecule has 0 spiro atoms. The van der Waals surface area contributed by atoms with Crippen LogP contribution in [0.3, 0.4) is 0 Å². The molecule has 34 heavy (non-hydrogen) atoms. The third kappa shape index (κ3) is 8.11. The lowest BCUT2D eigenvalue weighted by Gasteiger charge is -2.43. The molecule has 1 nitrogen and oxygen atoms in total. The molecule has 0 amide bonds. The average molecular weight is 473 g/mol. The second-order valence-corrected chi connectivity index (χ2v) is 14.4. The standard InChI is InChI=1S/C32H44OSi/c1-7-8-9-10-13-19-28(2)25-26-29(3)20-18-27-33-34(32(4,5)6,30-21-14-11-15-22-30)31-23-16-12-17-24-31/h7-12,14-17,21-24H,2-3,13,18-20,25-27H2,1,4-6H3/b8-7+,10-9+. The molecule has 0 unspecified atom stereocenters. The maximum atomic E-state index is 6.99. The van der Waals surface area contributed by atoms with E-state index < -0.39 is 8.32 Å². The molecule has 2 heteroatoms. The summed E-state index contributed by atoms with van der Waals surface area (Å²) in [4.78, 5) is 0. The molecule has 0 aliphatic carbocycles. The molecule has 0 bridgehead atoms. The van der Waals surface area contributed by atoms with Gasteiger partial charge in [-0.25, -0.2) is 0 Å². The van der Waals surface area contributed by atoms with Gasteiger partial charge in [-0.05, 0) is 60.9 Å². The largest absolute Gasteiger partial charge is 0.407 e. The van der Waals surface area contributed by atoms with Crippen LogP contribution in [0, 0.1) is 0 Å². The SMILES string of the molecule is C=C(CC/C=C/C=C/C)CCC(=C)CCCO[Si](c1ccccc1)(c1ccccc1)C(C)(C)C. The van der Waals surface area contributed by atoms with Crippen LogP contribution in [0.2, 0.25) is 5.04 Å². The first-order chi connectivity index (χ1) is 16.3. The second kappa shape index (κ2) is 14.1. The van der Waals surface area contributed by atoms with Crippen molar-refractivity contribution in [3.05, 3.63) is 109 Å². The molecule has 2 aromatic rings. The zero-order valence-corrected chi connectivity index (χ0v) is 22.9. The molecule has 0 saturated carbocycles. The van der Waals surface area contributed by atoms with E-state index in [1.165, 1.54) is 21.5 Å². The van der Waals surface area contributed by atoms with Gasteiger partial charge >= 0.3 is 0 Å². The summed E-state index contributed by atoms with van der Waals surface area (Å²) in [6, 6.07) is 21.7. The van der Waals surface area contributed by atoms with E-state index in [0.29, 0.717) is 0 Å². The third-order valence-electron chi connectivity index (χ3n) is 6.35. The predicted molar refractivity (Wildman–Crippen MR) is 154 cm³/mol. The van der Waals surface area contributed by atoms with E-state index in [1.807, 2.05) is 13.0 Å². The Kier molecular flexibility index (Phi) is 11.5. The summed E-state index contributed by atoms with van der Waals surface area (Å²) in [6.07, 6.45) is 14.6. The van der Waals surface area contributed by atoms with E-state index in [9.17, 15) is 0 Å². The van der Waals surface area contributed by atoms with Crippen LogP contribution >= 0.6 is 0 Å². The Balaban J connectivity index is 1.95. The van der Waals surface area contributed by atoms with E-state index in [1.54, 1.807) is 0 Å². The average Bonchev–Trinajstić information content (AvgIpc) is 2.83. The second-order valence-electron chi connectivity index (χ2n) is 10.1. The Bertz CT molecular complexity index is 892. The molecule has 182 valence electrons. The maximum Gasteiger partial charge on any atom is 0.261 e. The minimum absolute atomic E-state index is 0.0197. The van der Waals surface area contributed by atoms with Gasteiger partial charge in [-0.15, -0.1) is 0 Å². The smallest absolute Gasteiger partial charge is 0.261 e. The molecule has 0 aliphatic rings. The van der Waals surface area contributed by atoms with Gasteiger partial charge in [0, 0.05) is 6.61 Å². The van der Waals surface area contributed by atoms with Crippen molar-refractivity contribution < 1.29 is 4.43 Å². The first-order valence-electron chi connectivity index (χ1n) is 12.7. The maximum absolute atomic E-state index is 6.99. The summed E-state index contributed by atoms with van der Waals surface area (Å²) >= 11 is 0. The molecule has 0 heterocycles. The third-order valence-corrected chi connectivity index (χ3v) is 11.4. The summed E-state index contributed by atoms with van der Waals surface area (Å²) in [5, 5.41) is 2.70. The minimum Gasteiger partial charge on any atom is -0.407 e. The zero-order valence-electron chi connectivity index (χ0n) is 21.9. The van der Waals surface area contributed by atoms with Crippen LogP contribution < -0.4 is 10.4 Å². The molecular formula is C32H44OSi. The topological polar surface area (TPSA) is 9.23 Å². The molecule has 0 N–H and O–H groups in total. The van der Waals surface area contributed by atoms with Gasteiger partial charge in [0.1, 0.15) is 0 Å². The van der Waals surface area contributed by atoms with Gasteiger partial charge in [0.25, 0.3) is 8.32 Å². The predicted octanol–water partition coefficient (Wildman–Crippen LogP) is 8.15. The van der Waals surface area contributed by atoms with Crippen molar-refractivity contribution in [1.29, 1.82) is 0 Å². The monoisotopic (exact) mass is 472 g/mol. The van der Waals surface area contributed by atoms with Crippen molar-refractivity contribution in [2.45, 2.75) is 71.3 Å². The van der Waals surface area contributed by atoms with Crippen LogP contribution in [0.15, 0.2) is 109 Å². The zero-order chi connectivity index (χ0) is 24.9. The van der Waals surface area contributed by atoms with E-state index in [4.69, 9.17) is 4.43 Å². The molecule has 2 rings (SSSR count). The highest BCUT2D eigenvalue weighted by atomic mass is 28.4. The molecule has 0 saturated heterocycles. The van der Waals surface area contributed by atoms with Crippen LogP contribution in [-0.2, 0) is 4.43 Å². The van der Waals surface area contributed by atoms with Crippen molar-refractivity contribution in [1.82, 2.24) is 0 Å². The summed E-state index contributed by atoms with van der Waals surface area (Å²) in [7, 11) is -2.44. The summed E-state index contributed by atoms with van der Waals surface area (Å²) < 4.78 is 6.99.